The van der Waals surface area contributed by atoms with Gasteiger partial charge in [-0.3, -0.25) is 14.3 Å². The fourth-order valence-electron chi connectivity index (χ4n) is 3.37. The SMILES string of the molecule is CCn1nc(C)cc1C(=O)N=CSc1cc(C(N)=O)cc(OC)c1N(C)C/C=C/CNC(=O)OC(C)(C)C. The topological polar surface area (TPSA) is 141 Å². The number of nitrogens with one attached hydrogen (secondary N) is 1. The van der Waals surface area contributed by atoms with E-state index in [1.54, 1.807) is 49.7 Å². The number of benzene rings is 1. The largest absolute Gasteiger partial charge is 0.495 e. The minimum Gasteiger partial charge on any atom is -0.495 e. The van der Waals surface area contributed by atoms with Crippen molar-refractivity contribution in [3.63, 3.8) is 0 Å². The van der Waals surface area contributed by atoms with Crippen LogP contribution >= 0.6 is 11.8 Å². The van der Waals surface area contributed by atoms with Crippen LogP contribution in [0.4, 0.5) is 10.5 Å². The van der Waals surface area contributed by atoms with Crippen LogP contribution in [-0.2, 0) is 11.3 Å². The molecule has 206 valence electrons. The number of aromatic nitrogens is 2. The normalized spacial score (nSPS) is 11.7. The molecule has 0 unspecified atom stereocenters. The maximum atomic E-state index is 12.6. The van der Waals surface area contributed by atoms with E-state index in [0.29, 0.717) is 41.7 Å². The average molecular weight is 545 g/mol. The fourth-order valence-corrected chi connectivity index (χ4v) is 4.19. The smallest absolute Gasteiger partial charge is 0.407 e. The number of alkyl carbamates (subject to hydrolysis) is 1. The molecule has 3 amide bonds. The highest BCUT2D eigenvalue weighted by atomic mass is 32.2. The Bertz CT molecular complexity index is 1220. The average Bonchev–Trinajstić information content (AvgIpc) is 3.22. The van der Waals surface area contributed by atoms with Crippen LogP contribution in [0.2, 0.25) is 0 Å². The Kier molecular flexibility index (Phi) is 10.9. The van der Waals surface area contributed by atoms with E-state index in [0.717, 1.165) is 17.5 Å². The van der Waals surface area contributed by atoms with Gasteiger partial charge in [-0.2, -0.15) is 5.10 Å². The van der Waals surface area contributed by atoms with E-state index in [1.165, 1.54) is 12.7 Å². The van der Waals surface area contributed by atoms with Crippen molar-refractivity contribution < 1.29 is 23.9 Å². The lowest BCUT2D eigenvalue weighted by molar-refractivity contribution is 0.0533. The van der Waals surface area contributed by atoms with E-state index < -0.39 is 23.5 Å². The van der Waals surface area contributed by atoms with Gasteiger partial charge in [0.2, 0.25) is 5.91 Å². The third-order valence-electron chi connectivity index (χ3n) is 5.01. The van der Waals surface area contributed by atoms with Gasteiger partial charge in [0.1, 0.15) is 17.0 Å². The lowest BCUT2D eigenvalue weighted by atomic mass is 10.1. The predicted octanol–water partition coefficient (Wildman–Crippen LogP) is 3.80. The zero-order valence-corrected chi connectivity index (χ0v) is 23.7. The molecule has 0 atom stereocenters. The molecule has 0 fully saturated rings. The second-order valence-corrected chi connectivity index (χ2v) is 10.2. The number of thioether (sulfide) groups is 1. The van der Waals surface area contributed by atoms with E-state index >= 15 is 0 Å². The highest BCUT2D eigenvalue weighted by molar-refractivity contribution is 8.12. The number of carbonyl (C=O) groups is 3. The molecule has 0 aliphatic heterocycles. The fraction of sp³-hybridized carbons (Fsp3) is 0.423. The lowest BCUT2D eigenvalue weighted by Gasteiger charge is -2.23. The third-order valence-corrected chi connectivity index (χ3v) is 5.78. The summed E-state index contributed by atoms with van der Waals surface area (Å²) < 4.78 is 12.4. The maximum absolute atomic E-state index is 12.6. The van der Waals surface area contributed by atoms with Crippen LogP contribution in [0.5, 0.6) is 5.75 Å². The molecule has 11 nitrogen and oxygen atoms in total. The molecule has 12 heteroatoms. The number of primary amides is 1. The van der Waals surface area contributed by atoms with Gasteiger partial charge in [0, 0.05) is 37.1 Å². The first kappa shape index (κ1) is 30.4. The maximum Gasteiger partial charge on any atom is 0.407 e. The first-order chi connectivity index (χ1) is 17.9. The molecule has 0 saturated carbocycles. The Morgan fingerprint density at radius 3 is 2.55 bits per heavy atom. The molecule has 0 aliphatic carbocycles. The number of carbonyl (C=O) groups excluding carboxylic acids is 3. The van der Waals surface area contributed by atoms with E-state index in [9.17, 15) is 14.4 Å². The number of aliphatic imine (C=N–C) groups is 1. The minimum atomic E-state index is -0.609. The van der Waals surface area contributed by atoms with E-state index in [-0.39, 0.29) is 5.56 Å². The quantitative estimate of drug-likeness (QED) is 0.188. The summed E-state index contributed by atoms with van der Waals surface area (Å²) in [5, 5.41) is 6.94. The number of aryl methyl sites for hydroxylation is 2. The summed E-state index contributed by atoms with van der Waals surface area (Å²) in [7, 11) is 3.35. The van der Waals surface area contributed by atoms with Gasteiger partial charge in [0.05, 0.1) is 24.0 Å². The van der Waals surface area contributed by atoms with E-state index in [2.05, 4.69) is 15.4 Å². The summed E-state index contributed by atoms with van der Waals surface area (Å²) in [6, 6.07) is 4.89. The molecule has 3 N–H and O–H groups in total. The highest BCUT2D eigenvalue weighted by Crippen LogP contribution is 2.38. The lowest BCUT2D eigenvalue weighted by Crippen LogP contribution is -2.32. The van der Waals surface area contributed by atoms with E-state index in [4.69, 9.17) is 15.2 Å². The summed E-state index contributed by atoms with van der Waals surface area (Å²) in [6.07, 6.45) is 3.18. The van der Waals surface area contributed by atoms with Crippen molar-refractivity contribution in [1.29, 1.82) is 0 Å². The zero-order chi connectivity index (χ0) is 28.5. The van der Waals surface area contributed by atoms with Crippen LogP contribution in [0.3, 0.4) is 0 Å². The summed E-state index contributed by atoms with van der Waals surface area (Å²) in [4.78, 5) is 42.9. The molecule has 0 saturated heterocycles. The van der Waals surface area contributed by atoms with Crippen LogP contribution in [0, 0.1) is 6.92 Å². The number of ether oxygens (including phenoxy) is 2. The van der Waals surface area contributed by atoms with Gasteiger partial charge in [-0.15, -0.1) is 0 Å². The molecule has 0 radical (unpaired) electrons. The van der Waals surface area contributed by atoms with Crippen molar-refractivity contribution >= 4 is 40.9 Å². The summed E-state index contributed by atoms with van der Waals surface area (Å²) >= 11 is 1.16. The highest BCUT2D eigenvalue weighted by Gasteiger charge is 2.18. The van der Waals surface area contributed by atoms with Crippen molar-refractivity contribution in [3.8, 4) is 5.75 Å². The molecule has 0 aliphatic rings. The van der Waals surface area contributed by atoms with Gasteiger partial charge in [-0.05, 0) is 52.8 Å². The van der Waals surface area contributed by atoms with Crippen LogP contribution in [0.15, 0.2) is 40.2 Å². The number of anilines is 1. The number of nitrogens with zero attached hydrogens (tertiary/aromatic N) is 4. The summed E-state index contributed by atoms with van der Waals surface area (Å²) in [5.41, 5.74) is 8.45. The van der Waals surface area contributed by atoms with Crippen LogP contribution in [0.1, 0.15) is 54.2 Å². The Morgan fingerprint density at radius 1 is 1.24 bits per heavy atom. The monoisotopic (exact) mass is 544 g/mol. The molecular formula is C26H36N6O5S. The molecule has 1 aromatic carbocycles. The van der Waals surface area contributed by atoms with Crippen LogP contribution in [-0.4, -0.2) is 66.1 Å². The van der Waals surface area contributed by atoms with Gasteiger partial charge in [-0.25, -0.2) is 9.79 Å². The summed E-state index contributed by atoms with van der Waals surface area (Å²) in [5.74, 6) is -0.595. The summed E-state index contributed by atoms with van der Waals surface area (Å²) in [6.45, 7) is 10.4. The van der Waals surface area contributed by atoms with Crippen LogP contribution in [0.25, 0.3) is 0 Å². The molecule has 1 heterocycles. The second-order valence-electron chi connectivity index (χ2n) is 9.27. The van der Waals surface area contributed by atoms with Crippen molar-refractivity contribution in [2.75, 3.05) is 32.1 Å². The zero-order valence-electron chi connectivity index (χ0n) is 22.9. The number of nitrogens with two attached hydrogens (primary N) is 1. The number of rotatable bonds is 11. The van der Waals surface area contributed by atoms with Gasteiger partial charge in [0.25, 0.3) is 5.91 Å². The number of hydrogen-bond acceptors (Lipinski definition) is 8. The molecule has 2 aromatic rings. The van der Waals surface area contributed by atoms with E-state index in [1.807, 2.05) is 31.9 Å². The van der Waals surface area contributed by atoms with Gasteiger partial charge >= 0.3 is 6.09 Å². The Labute approximate surface area is 227 Å². The minimum absolute atomic E-state index is 0.262. The Morgan fingerprint density at radius 2 is 1.95 bits per heavy atom. The molecular weight excluding hydrogens is 508 g/mol. The first-order valence-corrected chi connectivity index (χ1v) is 12.9. The molecule has 2 rings (SSSR count). The number of amides is 3. The van der Waals surface area contributed by atoms with Crippen molar-refractivity contribution in [3.05, 3.63) is 47.3 Å². The van der Waals surface area contributed by atoms with Crippen molar-refractivity contribution in [1.82, 2.24) is 15.1 Å². The first-order valence-electron chi connectivity index (χ1n) is 12.0. The van der Waals surface area contributed by atoms with Gasteiger partial charge < -0.3 is 25.4 Å². The molecule has 0 bridgehead atoms. The molecule has 0 spiro atoms. The number of hydrogen-bond donors (Lipinski definition) is 2. The number of methoxy groups -OCH3 is 1. The van der Waals surface area contributed by atoms with Gasteiger partial charge in [-0.1, -0.05) is 23.9 Å². The molecule has 38 heavy (non-hydrogen) atoms. The van der Waals surface area contributed by atoms with Crippen molar-refractivity contribution in [2.45, 2.75) is 51.7 Å². The Hall–Kier alpha value is -3.80. The second kappa shape index (κ2) is 13.7. The number of likely N-dealkylation sites (N-methyl/N-ethyl adjacent to an activating group) is 1. The standard InChI is InChI=1S/C26H36N6O5S/c1-8-32-19(13-17(2)30-32)24(34)29-16-38-21-15-18(23(27)33)14-20(36-7)22(21)31(6)12-10-9-11-28-25(35)37-26(3,4)5/h9-10,13-16H,8,11-12H2,1-7H3,(H2,27,33)(H,28,35)/b10-9+,29-16?. The van der Waals surface area contributed by atoms with Gasteiger partial charge in [0.15, 0.2) is 0 Å². The Balaban J connectivity index is 2.20. The molecule has 1 aromatic heterocycles. The van der Waals surface area contributed by atoms with Crippen LogP contribution < -0.4 is 20.7 Å². The third kappa shape index (κ3) is 8.94. The predicted molar refractivity (Wildman–Crippen MR) is 149 cm³/mol. The van der Waals surface area contributed by atoms with Crippen molar-refractivity contribution in [2.24, 2.45) is 10.7 Å².